The van der Waals surface area contributed by atoms with Crippen LogP contribution in [-0.2, 0) is 27.2 Å². The van der Waals surface area contributed by atoms with Crippen LogP contribution >= 0.6 is 0 Å². The van der Waals surface area contributed by atoms with E-state index in [1.807, 2.05) is 72.8 Å². The van der Waals surface area contributed by atoms with E-state index in [1.54, 1.807) is 0 Å². The molecule has 0 spiro atoms. The molecule has 1 N–H and O–H groups in total. The van der Waals surface area contributed by atoms with E-state index in [9.17, 15) is 13.0 Å². The van der Waals surface area contributed by atoms with Crippen LogP contribution in [0.15, 0.2) is 95.9 Å². The zero-order valence-electron chi connectivity index (χ0n) is 22.7. The second-order valence-electron chi connectivity index (χ2n) is 10.3. The molecule has 219 valence electrons. The van der Waals surface area contributed by atoms with Crippen molar-refractivity contribution in [2.45, 2.75) is 4.90 Å². The number of rotatable bonds is 1. The molecule has 0 aliphatic carbocycles. The molecule has 0 saturated carbocycles. The second-order valence-corrected chi connectivity index (χ2v) is 11.7. The normalized spacial score (nSPS) is 12.1. The van der Waals surface area contributed by atoms with E-state index in [-0.39, 0.29) is 27.6 Å². The van der Waals surface area contributed by atoms with Crippen LogP contribution < -0.4 is 4.98 Å². The van der Waals surface area contributed by atoms with Gasteiger partial charge in [-0.3, -0.25) is 0 Å². The van der Waals surface area contributed by atoms with E-state index in [2.05, 4.69) is 4.98 Å². The third kappa shape index (κ3) is 4.25. The van der Waals surface area contributed by atoms with Gasteiger partial charge < -0.3 is 19.5 Å². The Morgan fingerprint density at radius 2 is 1.00 bits per heavy atom. The minimum atomic E-state index is -4.73. The van der Waals surface area contributed by atoms with Gasteiger partial charge in [0.2, 0.25) is 0 Å². The summed E-state index contributed by atoms with van der Waals surface area (Å²) in [4.78, 5) is 36.7. The first-order chi connectivity index (χ1) is 21.4. The summed E-state index contributed by atoms with van der Waals surface area (Å²) < 4.78 is 35.9. The average molecular weight is 656 g/mol. The molecular formula is C32H16CuN8O3S. The van der Waals surface area contributed by atoms with E-state index < -0.39 is 10.1 Å². The quantitative estimate of drug-likeness (QED) is 0.181. The molecule has 5 heterocycles. The number of hydrogen-bond donors (Lipinski definition) is 1. The van der Waals surface area contributed by atoms with E-state index in [0.29, 0.717) is 51.4 Å². The smallest absolute Gasteiger partial charge is 0.744 e. The molecule has 0 unspecified atom stereocenters. The van der Waals surface area contributed by atoms with Gasteiger partial charge >= 0.3 is 17.1 Å². The first kappa shape index (κ1) is 27.2. The molecule has 0 amide bonds. The predicted octanol–water partition coefficient (Wildman–Crippen LogP) is 5.30. The number of nitrogens with one attached hydrogen (secondary N) is 1. The van der Waals surface area contributed by atoms with Crippen molar-refractivity contribution < 1.29 is 30.0 Å². The van der Waals surface area contributed by atoms with Gasteiger partial charge in [0.15, 0.2) is 23.3 Å². The van der Waals surface area contributed by atoms with Crippen molar-refractivity contribution in [2.24, 2.45) is 0 Å². The first-order valence-electron chi connectivity index (χ1n) is 13.6. The van der Waals surface area contributed by atoms with Crippen LogP contribution in [0.25, 0.3) is 90.4 Å². The Bertz CT molecular complexity index is 2560. The number of aromatic amines is 1. The van der Waals surface area contributed by atoms with Crippen molar-refractivity contribution in [2.75, 3.05) is 0 Å². The summed E-state index contributed by atoms with van der Waals surface area (Å²) in [6.45, 7) is 0. The maximum Gasteiger partial charge on any atom is 2.00 e. The Kier molecular flexibility index (Phi) is 5.96. The van der Waals surface area contributed by atoms with E-state index >= 15 is 0 Å². The zero-order chi connectivity index (χ0) is 29.6. The van der Waals surface area contributed by atoms with E-state index in [4.69, 9.17) is 34.9 Å². The van der Waals surface area contributed by atoms with Gasteiger partial charge in [-0.1, -0.05) is 78.9 Å². The van der Waals surface area contributed by atoms with Gasteiger partial charge in [-0.05, 0) is 22.9 Å². The Morgan fingerprint density at radius 1 is 0.556 bits per heavy atom. The molecule has 13 heteroatoms. The molecular weight excluding hydrogens is 640 g/mol. The summed E-state index contributed by atoms with van der Waals surface area (Å²) >= 11 is 0. The van der Waals surface area contributed by atoms with Crippen LogP contribution in [0.4, 0.5) is 0 Å². The number of benzene rings is 4. The van der Waals surface area contributed by atoms with Crippen molar-refractivity contribution in [1.29, 1.82) is 0 Å². The van der Waals surface area contributed by atoms with Crippen LogP contribution in [0.2, 0.25) is 0 Å². The van der Waals surface area contributed by atoms with Crippen LogP contribution in [0.1, 0.15) is 0 Å². The maximum absolute atomic E-state index is 12.0. The fourth-order valence-corrected chi connectivity index (χ4v) is 6.21. The topological polar surface area (TPSA) is 164 Å². The molecule has 1 radical (unpaired) electrons. The Balaban J connectivity index is 0.00000300. The molecule has 45 heavy (non-hydrogen) atoms. The summed E-state index contributed by atoms with van der Waals surface area (Å²) in [7, 11) is -4.73. The van der Waals surface area contributed by atoms with Crippen molar-refractivity contribution in [1.82, 2.24) is 39.9 Å². The molecule has 0 saturated heterocycles. The summed E-state index contributed by atoms with van der Waals surface area (Å²) in [5.41, 5.74) is 5.31. The fraction of sp³-hybridized carbons (Fsp3) is 0. The van der Waals surface area contributed by atoms with Crippen molar-refractivity contribution in [3.8, 4) is 68.3 Å². The van der Waals surface area contributed by atoms with Crippen LogP contribution in [0, 0.1) is 0 Å². The molecule has 2 aromatic heterocycles. The summed E-state index contributed by atoms with van der Waals surface area (Å²) in [6, 6.07) is 27.0. The third-order valence-corrected chi connectivity index (χ3v) is 8.58. The average Bonchev–Trinajstić information content (AvgIpc) is 3.76. The van der Waals surface area contributed by atoms with Crippen molar-refractivity contribution in [3.05, 3.63) is 91.0 Å². The molecule has 11 nitrogen and oxygen atoms in total. The molecule has 3 aliphatic heterocycles. The fourth-order valence-electron chi connectivity index (χ4n) is 5.71. The van der Waals surface area contributed by atoms with Crippen LogP contribution in [0.5, 0.6) is 0 Å². The third-order valence-electron chi connectivity index (χ3n) is 7.75. The first-order valence-corrected chi connectivity index (χ1v) is 15.0. The van der Waals surface area contributed by atoms with Crippen LogP contribution in [-0.4, -0.2) is 47.9 Å². The minimum absolute atomic E-state index is 0. The van der Waals surface area contributed by atoms with Gasteiger partial charge in [0.25, 0.3) is 0 Å². The van der Waals surface area contributed by atoms with Gasteiger partial charge in [-0.25, -0.2) is 33.3 Å². The number of fused-ring (bicyclic) bond motifs is 20. The number of aromatic nitrogens is 8. The van der Waals surface area contributed by atoms with Crippen molar-refractivity contribution in [3.63, 3.8) is 0 Å². The summed E-state index contributed by atoms with van der Waals surface area (Å²) in [5, 5.41) is 0.924. The molecule has 0 fully saturated rings. The maximum atomic E-state index is 12.0. The second kappa shape index (κ2) is 9.84. The summed E-state index contributed by atoms with van der Waals surface area (Å²) in [6.07, 6.45) is 0. The van der Waals surface area contributed by atoms with Crippen molar-refractivity contribution >= 4 is 32.2 Å². The van der Waals surface area contributed by atoms with E-state index in [0.717, 1.165) is 33.4 Å². The van der Waals surface area contributed by atoms with Gasteiger partial charge in [0.05, 0.1) is 16.5 Å². The Hall–Kier alpha value is -5.33. The Morgan fingerprint density at radius 3 is 1.51 bits per heavy atom. The largest absolute Gasteiger partial charge is 2.00 e. The van der Waals surface area contributed by atoms with Gasteiger partial charge in [0, 0.05) is 44.7 Å². The van der Waals surface area contributed by atoms with Gasteiger partial charge in [-0.2, -0.15) is 0 Å². The molecule has 6 aromatic rings. The number of hydrogen-bond acceptors (Lipinski definition) is 9. The monoisotopic (exact) mass is 655 g/mol. The molecule has 0 atom stereocenters. The summed E-state index contributed by atoms with van der Waals surface area (Å²) in [5.74, 6) is 2.65. The van der Waals surface area contributed by atoms with Crippen LogP contribution in [0.3, 0.4) is 0 Å². The molecule has 9 rings (SSSR count). The van der Waals surface area contributed by atoms with E-state index in [1.165, 1.54) is 18.2 Å². The standard InChI is InChI=1S/C32H17N8O3S.Cu/c41-44(42,43)16-13-14-23-24(15-16)32-39-30-22-12-6-5-11-21(22)28(37-30)35-26-18-8-2-1-7-17(18)25(33-26)34-27-19-9-3-4-10-20(19)29(36-27)38-31(23)40-32;/h1-15H,(H2-,33,34,35,36,37,38,39,40,41,42,43);/q-1;+2/p-1. The SMILES string of the molecule is O=S(=O)([O-])c1ccc2c3[n-]c(nc4nc(nc5nc(nc6nc([nH]3)-c3ccccc3-6)-c3ccccc3-5)-c3ccccc3-4)c2c1.[Cu+2]. The minimum Gasteiger partial charge on any atom is -0.744 e. The van der Waals surface area contributed by atoms with Gasteiger partial charge in [0.1, 0.15) is 10.1 Å². The van der Waals surface area contributed by atoms with Gasteiger partial charge in [-0.15, -0.1) is 0 Å². The molecule has 8 bridgehead atoms. The number of nitrogens with zero attached hydrogens (tertiary/aromatic N) is 7. The Labute approximate surface area is 265 Å². The predicted molar refractivity (Wildman–Crippen MR) is 161 cm³/mol. The molecule has 3 aliphatic rings. The number of H-pyrrole nitrogens is 1. The zero-order valence-corrected chi connectivity index (χ0v) is 24.5. The molecule has 4 aromatic carbocycles.